The molecule has 1 N–H and O–H groups in total. The molecule has 3 nitrogen and oxygen atoms in total. The van der Waals surface area contributed by atoms with Crippen molar-refractivity contribution in [2.24, 2.45) is 0 Å². The first kappa shape index (κ1) is 8.81. The van der Waals surface area contributed by atoms with Crippen molar-refractivity contribution in [1.82, 2.24) is 9.97 Å². The Balaban J connectivity index is 2.37. The Morgan fingerprint density at radius 3 is 2.79 bits per heavy atom. The lowest BCUT2D eigenvalue weighted by atomic mass is 10.2. The number of hydrogen-bond acceptors (Lipinski definition) is 2. The van der Waals surface area contributed by atoms with E-state index >= 15 is 0 Å². The Bertz CT molecular complexity index is 395. The summed E-state index contributed by atoms with van der Waals surface area (Å²) in [4.78, 5) is 7.18. The van der Waals surface area contributed by atoms with Crippen molar-refractivity contribution in [3.05, 3.63) is 36.7 Å². The lowest BCUT2D eigenvalue weighted by Crippen LogP contribution is -1.93. The maximum Gasteiger partial charge on any atom is 0.239 e. The summed E-state index contributed by atoms with van der Waals surface area (Å²) in [5.41, 5.74) is 2.03. The molecule has 0 aliphatic heterocycles. The molecule has 1 heterocycles. The predicted octanol–water partition coefficient (Wildman–Crippen LogP) is 2.48. The quantitative estimate of drug-likeness (QED) is 0.803. The van der Waals surface area contributed by atoms with Gasteiger partial charge < -0.3 is 9.72 Å². The van der Waals surface area contributed by atoms with E-state index in [0.29, 0.717) is 12.5 Å². The molecule has 0 unspecified atom stereocenters. The number of hydrogen-bond donors (Lipinski definition) is 1. The third kappa shape index (κ3) is 1.62. The highest BCUT2D eigenvalue weighted by Gasteiger charge is 2.07. The van der Waals surface area contributed by atoms with Crippen molar-refractivity contribution in [1.29, 1.82) is 0 Å². The van der Waals surface area contributed by atoms with Crippen LogP contribution in [0.15, 0.2) is 36.7 Å². The van der Waals surface area contributed by atoms with Gasteiger partial charge in [0.05, 0.1) is 12.9 Å². The third-order valence-corrected chi connectivity index (χ3v) is 1.95. The first-order chi connectivity index (χ1) is 6.92. The van der Waals surface area contributed by atoms with Crippen LogP contribution in [-0.4, -0.2) is 16.6 Å². The van der Waals surface area contributed by atoms with Crippen LogP contribution in [0.3, 0.4) is 0 Å². The highest BCUT2D eigenvalue weighted by Crippen LogP contribution is 2.25. The average Bonchev–Trinajstić information content (AvgIpc) is 2.68. The molecule has 14 heavy (non-hydrogen) atoms. The molecule has 0 saturated carbocycles. The Morgan fingerprint density at radius 1 is 1.29 bits per heavy atom. The molecular weight excluding hydrogens is 176 g/mol. The summed E-state index contributed by atoms with van der Waals surface area (Å²) in [6.07, 6.45) is 1.65. The maximum absolute atomic E-state index is 5.39. The second-order valence-corrected chi connectivity index (χ2v) is 2.88. The summed E-state index contributed by atoms with van der Waals surface area (Å²) in [5.74, 6) is 0.665. The fourth-order valence-electron chi connectivity index (χ4n) is 1.34. The van der Waals surface area contributed by atoms with E-state index in [1.807, 2.05) is 37.3 Å². The molecule has 3 heteroatoms. The number of aromatic nitrogens is 2. The Labute approximate surface area is 82.8 Å². The van der Waals surface area contributed by atoms with Crippen LogP contribution < -0.4 is 4.74 Å². The van der Waals surface area contributed by atoms with E-state index in [2.05, 4.69) is 9.97 Å². The molecule has 2 aromatic rings. The molecule has 0 fully saturated rings. The minimum Gasteiger partial charge on any atom is -0.476 e. The fourth-order valence-corrected chi connectivity index (χ4v) is 1.34. The van der Waals surface area contributed by atoms with E-state index in [1.165, 1.54) is 0 Å². The van der Waals surface area contributed by atoms with Crippen molar-refractivity contribution >= 4 is 0 Å². The van der Waals surface area contributed by atoms with Gasteiger partial charge in [0.2, 0.25) is 5.88 Å². The van der Waals surface area contributed by atoms with E-state index in [1.54, 1.807) is 6.33 Å². The molecule has 0 atom stereocenters. The van der Waals surface area contributed by atoms with E-state index in [4.69, 9.17) is 4.74 Å². The topological polar surface area (TPSA) is 37.9 Å². The van der Waals surface area contributed by atoms with Crippen LogP contribution >= 0.6 is 0 Å². The molecule has 1 aromatic carbocycles. The number of nitrogens with one attached hydrogen (secondary N) is 1. The molecule has 72 valence electrons. The highest BCUT2D eigenvalue weighted by molar-refractivity contribution is 5.64. The second-order valence-electron chi connectivity index (χ2n) is 2.88. The van der Waals surface area contributed by atoms with Crippen LogP contribution in [-0.2, 0) is 0 Å². The third-order valence-electron chi connectivity index (χ3n) is 1.95. The molecule has 0 saturated heterocycles. The van der Waals surface area contributed by atoms with Gasteiger partial charge in [0.15, 0.2) is 0 Å². The fraction of sp³-hybridized carbons (Fsp3) is 0.182. The predicted molar refractivity (Wildman–Crippen MR) is 55.2 cm³/mol. The molecule has 0 aliphatic rings. The zero-order valence-corrected chi connectivity index (χ0v) is 8.03. The van der Waals surface area contributed by atoms with Gasteiger partial charge in [0.1, 0.15) is 5.69 Å². The van der Waals surface area contributed by atoms with Gasteiger partial charge in [-0.1, -0.05) is 30.3 Å². The minimum absolute atomic E-state index is 0.630. The standard InChI is InChI=1S/C11H12N2O/c1-2-14-11-10(12-8-13-11)9-6-4-3-5-7-9/h3-8H,2H2,1H3,(H,12,13). The number of H-pyrrole nitrogens is 1. The number of aromatic amines is 1. The average molecular weight is 188 g/mol. The monoisotopic (exact) mass is 188 g/mol. The van der Waals surface area contributed by atoms with Crippen molar-refractivity contribution in [2.45, 2.75) is 6.92 Å². The molecule has 2 rings (SSSR count). The Morgan fingerprint density at radius 2 is 2.07 bits per heavy atom. The second kappa shape index (κ2) is 3.96. The zero-order chi connectivity index (χ0) is 9.80. The van der Waals surface area contributed by atoms with E-state index in [-0.39, 0.29) is 0 Å². The molecule has 0 aliphatic carbocycles. The maximum atomic E-state index is 5.39. The van der Waals surface area contributed by atoms with Crippen molar-refractivity contribution in [2.75, 3.05) is 6.61 Å². The molecular formula is C11H12N2O. The van der Waals surface area contributed by atoms with Crippen LogP contribution in [0, 0.1) is 0 Å². The van der Waals surface area contributed by atoms with Crippen LogP contribution in [0.1, 0.15) is 6.92 Å². The van der Waals surface area contributed by atoms with Gasteiger partial charge in [-0.15, -0.1) is 0 Å². The molecule has 0 amide bonds. The van der Waals surface area contributed by atoms with Crippen LogP contribution in [0.2, 0.25) is 0 Å². The van der Waals surface area contributed by atoms with E-state index in [9.17, 15) is 0 Å². The van der Waals surface area contributed by atoms with Crippen LogP contribution in [0.4, 0.5) is 0 Å². The SMILES string of the molecule is CCOc1nc[nH]c1-c1ccccc1. The van der Waals surface area contributed by atoms with Gasteiger partial charge in [-0.05, 0) is 6.92 Å². The highest BCUT2D eigenvalue weighted by atomic mass is 16.5. The minimum atomic E-state index is 0.630. The normalized spacial score (nSPS) is 10.1. The first-order valence-corrected chi connectivity index (χ1v) is 4.63. The Kier molecular flexibility index (Phi) is 2.49. The van der Waals surface area contributed by atoms with Gasteiger partial charge in [0, 0.05) is 5.56 Å². The molecule has 1 aromatic heterocycles. The molecule has 0 bridgehead atoms. The zero-order valence-electron chi connectivity index (χ0n) is 8.03. The Hall–Kier alpha value is -1.77. The van der Waals surface area contributed by atoms with Gasteiger partial charge in [-0.3, -0.25) is 0 Å². The summed E-state index contributed by atoms with van der Waals surface area (Å²) in [6, 6.07) is 10.0. The summed E-state index contributed by atoms with van der Waals surface area (Å²) >= 11 is 0. The summed E-state index contributed by atoms with van der Waals surface area (Å²) in [7, 11) is 0. The van der Waals surface area contributed by atoms with Crippen LogP contribution in [0.25, 0.3) is 11.3 Å². The molecule has 0 spiro atoms. The number of rotatable bonds is 3. The smallest absolute Gasteiger partial charge is 0.239 e. The largest absolute Gasteiger partial charge is 0.476 e. The number of benzene rings is 1. The van der Waals surface area contributed by atoms with Crippen molar-refractivity contribution < 1.29 is 4.74 Å². The summed E-state index contributed by atoms with van der Waals surface area (Å²) < 4.78 is 5.39. The van der Waals surface area contributed by atoms with Gasteiger partial charge in [-0.25, -0.2) is 4.98 Å². The van der Waals surface area contributed by atoms with Crippen molar-refractivity contribution in [3.8, 4) is 17.1 Å². The summed E-state index contributed by atoms with van der Waals surface area (Å²) in [6.45, 7) is 2.58. The van der Waals surface area contributed by atoms with Gasteiger partial charge in [-0.2, -0.15) is 0 Å². The molecule has 0 radical (unpaired) electrons. The number of ether oxygens (including phenoxy) is 1. The van der Waals surface area contributed by atoms with E-state index in [0.717, 1.165) is 11.3 Å². The number of nitrogens with zero attached hydrogens (tertiary/aromatic N) is 1. The first-order valence-electron chi connectivity index (χ1n) is 4.63. The van der Waals surface area contributed by atoms with Crippen molar-refractivity contribution in [3.63, 3.8) is 0 Å². The van der Waals surface area contributed by atoms with Gasteiger partial charge >= 0.3 is 0 Å². The number of imidazole rings is 1. The van der Waals surface area contributed by atoms with Crippen LogP contribution in [0.5, 0.6) is 5.88 Å². The van der Waals surface area contributed by atoms with E-state index < -0.39 is 0 Å². The lowest BCUT2D eigenvalue weighted by Gasteiger charge is -2.02. The summed E-state index contributed by atoms with van der Waals surface area (Å²) in [5, 5.41) is 0. The van der Waals surface area contributed by atoms with Gasteiger partial charge in [0.25, 0.3) is 0 Å². The lowest BCUT2D eigenvalue weighted by molar-refractivity contribution is 0.330.